The topological polar surface area (TPSA) is 66.8 Å². The highest BCUT2D eigenvalue weighted by Gasteiger charge is 2.45. The fourth-order valence-electron chi connectivity index (χ4n) is 2.42. The summed E-state index contributed by atoms with van der Waals surface area (Å²) in [6, 6.07) is 1.75. The maximum absolute atomic E-state index is 12.4. The molecule has 0 radical (unpaired) electrons. The average molecular weight is 283 g/mol. The molecule has 1 atom stereocenters. The molecule has 104 valence electrons. The highest BCUT2D eigenvalue weighted by Crippen LogP contribution is 2.36. The van der Waals surface area contributed by atoms with Gasteiger partial charge in [-0.1, -0.05) is 6.92 Å². The van der Waals surface area contributed by atoms with Gasteiger partial charge in [0.05, 0.1) is 12.5 Å². The number of carbonyl (C=O) groups is 2. The number of likely N-dealkylation sites (tertiary alicyclic amines) is 1. The Morgan fingerprint density at radius 3 is 2.84 bits per heavy atom. The molecule has 1 unspecified atom stereocenters. The molecule has 1 aromatic rings. The van der Waals surface area contributed by atoms with E-state index >= 15 is 0 Å². The Morgan fingerprint density at radius 2 is 2.32 bits per heavy atom. The second-order valence-corrected chi connectivity index (χ2v) is 5.65. The number of rotatable bonds is 4. The van der Waals surface area contributed by atoms with E-state index in [9.17, 15) is 14.7 Å². The zero-order valence-electron chi connectivity index (χ0n) is 11.0. The van der Waals surface area contributed by atoms with Crippen LogP contribution in [0.3, 0.4) is 0 Å². The summed E-state index contributed by atoms with van der Waals surface area (Å²) in [4.78, 5) is 25.9. The molecule has 1 aliphatic heterocycles. The molecule has 1 fully saturated rings. The molecule has 19 heavy (non-hydrogen) atoms. The fraction of sp³-hybridized carbons (Fsp3) is 0.538. The Labute approximate surface area is 115 Å². The molecule has 1 saturated heterocycles. The highest BCUT2D eigenvalue weighted by molar-refractivity contribution is 7.12. The number of nitrogens with zero attached hydrogens (tertiary/aromatic N) is 1. The van der Waals surface area contributed by atoms with E-state index in [0.29, 0.717) is 30.0 Å². The Hall–Kier alpha value is -1.56. The summed E-state index contributed by atoms with van der Waals surface area (Å²) in [5.74, 6) is -0.397. The van der Waals surface area contributed by atoms with Gasteiger partial charge in [-0.3, -0.25) is 9.59 Å². The second-order valence-electron chi connectivity index (χ2n) is 4.73. The summed E-state index contributed by atoms with van der Waals surface area (Å²) in [6.07, 6.45) is 1.05. The van der Waals surface area contributed by atoms with E-state index in [4.69, 9.17) is 4.74 Å². The summed E-state index contributed by atoms with van der Waals surface area (Å²) in [7, 11) is 1.52. The third-order valence-corrected chi connectivity index (χ3v) is 4.70. The number of methoxy groups -OCH3 is 1. The first kappa shape index (κ1) is 13.9. The molecule has 1 amide bonds. The van der Waals surface area contributed by atoms with Crippen molar-refractivity contribution in [3.05, 3.63) is 16.3 Å². The first-order valence-electron chi connectivity index (χ1n) is 6.18. The molecule has 1 N–H and O–H groups in total. The summed E-state index contributed by atoms with van der Waals surface area (Å²) in [5.41, 5.74) is -0.792. The standard InChI is InChI=1S/C13H17NO4S/c1-3-13(12(16)17)5-6-14(8-13)11(15)10-9(18-2)4-7-19-10/h4,7H,3,5-6,8H2,1-2H3,(H,16,17). The van der Waals surface area contributed by atoms with Crippen molar-refractivity contribution in [3.8, 4) is 5.75 Å². The van der Waals surface area contributed by atoms with Crippen LogP contribution in [0.1, 0.15) is 29.4 Å². The lowest BCUT2D eigenvalue weighted by molar-refractivity contribution is -0.148. The minimum atomic E-state index is -0.816. The van der Waals surface area contributed by atoms with Crippen molar-refractivity contribution < 1.29 is 19.4 Å². The number of ether oxygens (including phenoxy) is 1. The molecule has 6 heteroatoms. The summed E-state index contributed by atoms with van der Waals surface area (Å²) < 4.78 is 5.14. The zero-order valence-corrected chi connectivity index (χ0v) is 11.8. The lowest BCUT2D eigenvalue weighted by atomic mass is 9.84. The van der Waals surface area contributed by atoms with Gasteiger partial charge >= 0.3 is 5.97 Å². The summed E-state index contributed by atoms with van der Waals surface area (Å²) in [5, 5.41) is 11.1. The number of hydrogen-bond acceptors (Lipinski definition) is 4. The molecule has 1 aromatic heterocycles. The molecule has 2 heterocycles. The quantitative estimate of drug-likeness (QED) is 0.918. The van der Waals surface area contributed by atoms with Crippen LogP contribution in [0, 0.1) is 5.41 Å². The Kier molecular flexibility index (Phi) is 3.80. The van der Waals surface area contributed by atoms with Gasteiger partial charge in [-0.2, -0.15) is 0 Å². The van der Waals surface area contributed by atoms with Crippen LogP contribution in [0.15, 0.2) is 11.4 Å². The van der Waals surface area contributed by atoms with Gasteiger partial charge in [0.25, 0.3) is 5.91 Å². The molecule has 0 aliphatic carbocycles. The van der Waals surface area contributed by atoms with E-state index in [-0.39, 0.29) is 12.5 Å². The predicted molar refractivity (Wildman–Crippen MR) is 71.8 cm³/mol. The van der Waals surface area contributed by atoms with Gasteiger partial charge in [-0.25, -0.2) is 0 Å². The van der Waals surface area contributed by atoms with Crippen LogP contribution in [0.25, 0.3) is 0 Å². The lowest BCUT2D eigenvalue weighted by Gasteiger charge is -2.22. The van der Waals surface area contributed by atoms with E-state index in [1.807, 2.05) is 6.92 Å². The lowest BCUT2D eigenvalue weighted by Crippen LogP contribution is -2.36. The van der Waals surface area contributed by atoms with Crippen molar-refractivity contribution in [2.75, 3.05) is 20.2 Å². The van der Waals surface area contributed by atoms with Crippen molar-refractivity contribution >= 4 is 23.2 Å². The van der Waals surface area contributed by atoms with E-state index in [2.05, 4.69) is 0 Å². The smallest absolute Gasteiger partial charge is 0.311 e. The van der Waals surface area contributed by atoms with Crippen LogP contribution in [-0.4, -0.2) is 42.1 Å². The van der Waals surface area contributed by atoms with Crippen LogP contribution in [0.2, 0.25) is 0 Å². The maximum atomic E-state index is 12.4. The SMILES string of the molecule is CCC1(C(=O)O)CCN(C(=O)c2sccc2OC)C1. The van der Waals surface area contributed by atoms with Gasteiger partial charge in [0, 0.05) is 13.1 Å². The number of carboxylic acids is 1. The predicted octanol–water partition coefficient (Wildman–Crippen LogP) is 2.08. The van der Waals surface area contributed by atoms with Gasteiger partial charge in [-0.05, 0) is 24.3 Å². The number of carbonyl (C=O) groups excluding carboxylic acids is 1. The van der Waals surface area contributed by atoms with Gasteiger partial charge in [0.2, 0.25) is 0 Å². The minimum Gasteiger partial charge on any atom is -0.495 e. The monoisotopic (exact) mass is 283 g/mol. The van der Waals surface area contributed by atoms with Crippen molar-refractivity contribution in [2.45, 2.75) is 19.8 Å². The first-order chi connectivity index (χ1) is 9.04. The molecule has 5 nitrogen and oxygen atoms in total. The number of hydrogen-bond donors (Lipinski definition) is 1. The van der Waals surface area contributed by atoms with E-state index in [0.717, 1.165) is 0 Å². The van der Waals surface area contributed by atoms with Crippen molar-refractivity contribution in [1.29, 1.82) is 0 Å². The number of aliphatic carboxylic acids is 1. The number of amides is 1. The van der Waals surface area contributed by atoms with Crippen molar-refractivity contribution in [2.24, 2.45) is 5.41 Å². The average Bonchev–Trinajstić information content (AvgIpc) is 3.05. The van der Waals surface area contributed by atoms with Crippen molar-refractivity contribution in [1.82, 2.24) is 4.90 Å². The largest absolute Gasteiger partial charge is 0.495 e. The van der Waals surface area contributed by atoms with E-state index < -0.39 is 11.4 Å². The van der Waals surface area contributed by atoms with Crippen LogP contribution in [0.4, 0.5) is 0 Å². The van der Waals surface area contributed by atoms with Crippen molar-refractivity contribution in [3.63, 3.8) is 0 Å². The Balaban J connectivity index is 2.17. The second kappa shape index (κ2) is 5.21. The molecule has 0 aromatic carbocycles. The molecule has 0 spiro atoms. The molecule has 0 bridgehead atoms. The Bertz CT molecular complexity index is 499. The van der Waals surface area contributed by atoms with Gasteiger partial charge < -0.3 is 14.7 Å². The number of carboxylic acid groups (broad SMARTS) is 1. The van der Waals surface area contributed by atoms with Crippen LogP contribution < -0.4 is 4.74 Å². The third-order valence-electron chi connectivity index (χ3n) is 3.81. The zero-order chi connectivity index (χ0) is 14.0. The number of thiophene rings is 1. The van der Waals surface area contributed by atoms with E-state index in [1.54, 1.807) is 16.3 Å². The van der Waals surface area contributed by atoms with Crippen LogP contribution in [-0.2, 0) is 4.79 Å². The van der Waals surface area contributed by atoms with Crippen LogP contribution in [0.5, 0.6) is 5.75 Å². The molecular weight excluding hydrogens is 266 g/mol. The van der Waals surface area contributed by atoms with Crippen LogP contribution >= 0.6 is 11.3 Å². The first-order valence-corrected chi connectivity index (χ1v) is 7.06. The summed E-state index contributed by atoms with van der Waals surface area (Å²) in [6.45, 7) is 2.62. The normalized spacial score (nSPS) is 22.5. The summed E-state index contributed by atoms with van der Waals surface area (Å²) >= 11 is 1.32. The molecule has 1 aliphatic rings. The molecule has 0 saturated carbocycles. The van der Waals surface area contributed by atoms with Gasteiger partial charge in [0.1, 0.15) is 10.6 Å². The van der Waals surface area contributed by atoms with Gasteiger partial charge in [-0.15, -0.1) is 11.3 Å². The highest BCUT2D eigenvalue weighted by atomic mass is 32.1. The van der Waals surface area contributed by atoms with E-state index in [1.165, 1.54) is 18.4 Å². The molecular formula is C13H17NO4S. The third kappa shape index (κ3) is 2.32. The molecule has 2 rings (SSSR count). The maximum Gasteiger partial charge on any atom is 0.311 e. The van der Waals surface area contributed by atoms with Gasteiger partial charge in [0.15, 0.2) is 0 Å². The Morgan fingerprint density at radius 1 is 1.58 bits per heavy atom. The minimum absolute atomic E-state index is 0.136. The fourth-order valence-corrected chi connectivity index (χ4v) is 3.24.